The van der Waals surface area contributed by atoms with Gasteiger partial charge in [-0.25, -0.2) is 8.42 Å². The number of nitrogen functional groups attached to an aromatic ring is 1. The van der Waals surface area contributed by atoms with Crippen LogP contribution in [0.25, 0.3) is 0 Å². The molecule has 4 nitrogen and oxygen atoms in total. The van der Waals surface area contributed by atoms with Crippen LogP contribution in [0.3, 0.4) is 0 Å². The molecular weight excluding hydrogens is 340 g/mol. The van der Waals surface area contributed by atoms with Crippen molar-refractivity contribution in [1.82, 2.24) is 0 Å². The smallest absolute Gasteiger partial charge is 0.262 e. The minimum absolute atomic E-state index is 0.186. The molecule has 6 heteroatoms. The van der Waals surface area contributed by atoms with E-state index in [2.05, 4.69) is 20.7 Å². The van der Waals surface area contributed by atoms with Gasteiger partial charge in [0.05, 0.1) is 10.6 Å². The zero-order valence-corrected chi connectivity index (χ0v) is 13.5. The number of hydrogen-bond acceptors (Lipinski definition) is 3. The first-order valence-electron chi connectivity index (χ1n) is 5.95. The van der Waals surface area contributed by atoms with Crippen molar-refractivity contribution in [2.24, 2.45) is 0 Å². The molecule has 0 amide bonds. The number of sulfonamides is 1. The summed E-state index contributed by atoms with van der Waals surface area (Å²) in [5.41, 5.74) is 8.21. The number of nitrogens with one attached hydrogen (secondary N) is 1. The number of anilines is 2. The van der Waals surface area contributed by atoms with Crippen molar-refractivity contribution in [1.29, 1.82) is 0 Å². The summed E-state index contributed by atoms with van der Waals surface area (Å²) in [6.07, 6.45) is 0. The summed E-state index contributed by atoms with van der Waals surface area (Å²) >= 11 is 3.34. The molecule has 0 bridgehead atoms. The number of nitrogens with two attached hydrogens (primary N) is 1. The molecule has 0 heterocycles. The van der Waals surface area contributed by atoms with Crippen LogP contribution in [0.1, 0.15) is 11.1 Å². The highest BCUT2D eigenvalue weighted by molar-refractivity contribution is 9.10. The Morgan fingerprint density at radius 2 is 1.80 bits per heavy atom. The van der Waals surface area contributed by atoms with E-state index in [4.69, 9.17) is 5.73 Å². The summed E-state index contributed by atoms with van der Waals surface area (Å²) in [6.45, 7) is 3.63. The normalized spacial score (nSPS) is 11.3. The Balaban J connectivity index is 2.46. The van der Waals surface area contributed by atoms with E-state index in [1.54, 1.807) is 31.2 Å². The lowest BCUT2D eigenvalue weighted by molar-refractivity contribution is 0.600. The molecule has 0 aliphatic rings. The van der Waals surface area contributed by atoms with Crippen LogP contribution in [0.4, 0.5) is 11.4 Å². The van der Waals surface area contributed by atoms with Crippen LogP contribution in [0.15, 0.2) is 45.8 Å². The molecular formula is C14H15BrN2O2S. The molecule has 0 aliphatic heterocycles. The van der Waals surface area contributed by atoms with E-state index in [1.165, 1.54) is 6.07 Å². The molecule has 0 atom stereocenters. The average molecular weight is 355 g/mol. The molecule has 0 fully saturated rings. The van der Waals surface area contributed by atoms with Gasteiger partial charge in [-0.2, -0.15) is 0 Å². The Morgan fingerprint density at radius 3 is 2.50 bits per heavy atom. The van der Waals surface area contributed by atoms with Crippen LogP contribution in [-0.4, -0.2) is 8.42 Å². The Morgan fingerprint density at radius 1 is 1.10 bits per heavy atom. The van der Waals surface area contributed by atoms with Gasteiger partial charge < -0.3 is 5.73 Å². The van der Waals surface area contributed by atoms with E-state index in [0.717, 1.165) is 5.56 Å². The van der Waals surface area contributed by atoms with Crippen molar-refractivity contribution >= 4 is 37.3 Å². The summed E-state index contributed by atoms with van der Waals surface area (Å²) in [5.74, 6) is 0. The first-order valence-corrected chi connectivity index (χ1v) is 8.22. The van der Waals surface area contributed by atoms with Crippen LogP contribution in [0.2, 0.25) is 0 Å². The highest BCUT2D eigenvalue weighted by Crippen LogP contribution is 2.27. The summed E-state index contributed by atoms with van der Waals surface area (Å²) in [6, 6.07) is 10.3. The highest BCUT2D eigenvalue weighted by Gasteiger charge is 2.18. The molecule has 0 radical (unpaired) electrons. The molecule has 3 N–H and O–H groups in total. The SMILES string of the molecule is Cc1ccc(Br)c(NS(=O)(=O)c2cc(N)ccc2C)c1. The fraction of sp³-hybridized carbons (Fsp3) is 0.143. The third kappa shape index (κ3) is 3.13. The lowest BCUT2D eigenvalue weighted by Gasteiger charge is -2.12. The number of hydrogen-bond donors (Lipinski definition) is 2. The average Bonchev–Trinajstić information content (AvgIpc) is 2.36. The zero-order valence-electron chi connectivity index (χ0n) is 11.1. The van der Waals surface area contributed by atoms with Gasteiger partial charge in [-0.1, -0.05) is 12.1 Å². The van der Waals surface area contributed by atoms with Gasteiger partial charge in [-0.15, -0.1) is 0 Å². The third-order valence-corrected chi connectivity index (χ3v) is 5.07. The summed E-state index contributed by atoms with van der Waals surface area (Å²) in [5, 5.41) is 0. The standard InChI is InChI=1S/C14H15BrN2O2S/c1-9-3-6-12(15)13(7-9)17-20(18,19)14-8-11(16)5-4-10(14)2/h3-8,17H,16H2,1-2H3. The number of benzene rings is 2. The van der Waals surface area contributed by atoms with Crippen LogP contribution < -0.4 is 10.5 Å². The first kappa shape index (κ1) is 14.9. The second-order valence-electron chi connectivity index (χ2n) is 4.61. The second-order valence-corrected chi connectivity index (χ2v) is 7.12. The van der Waals surface area contributed by atoms with Gasteiger partial charge in [0.1, 0.15) is 0 Å². The fourth-order valence-corrected chi connectivity index (χ4v) is 3.65. The Hall–Kier alpha value is -1.53. The monoisotopic (exact) mass is 354 g/mol. The lowest BCUT2D eigenvalue weighted by atomic mass is 10.2. The minimum Gasteiger partial charge on any atom is -0.399 e. The van der Waals surface area contributed by atoms with Crippen molar-refractivity contribution in [2.75, 3.05) is 10.5 Å². The van der Waals surface area contributed by atoms with Crippen molar-refractivity contribution in [2.45, 2.75) is 18.7 Å². The molecule has 2 aromatic rings. The molecule has 0 saturated carbocycles. The Bertz CT molecular complexity index is 758. The lowest BCUT2D eigenvalue weighted by Crippen LogP contribution is -2.15. The molecule has 106 valence electrons. The van der Waals surface area contributed by atoms with Gasteiger partial charge in [-0.3, -0.25) is 4.72 Å². The zero-order chi connectivity index (χ0) is 14.9. The van der Waals surface area contributed by atoms with Crippen molar-refractivity contribution in [3.8, 4) is 0 Å². The molecule has 2 rings (SSSR count). The van der Waals surface area contributed by atoms with Gasteiger partial charge in [0, 0.05) is 10.2 Å². The van der Waals surface area contributed by atoms with Gasteiger partial charge in [0.2, 0.25) is 0 Å². The topological polar surface area (TPSA) is 72.2 Å². The van der Waals surface area contributed by atoms with E-state index >= 15 is 0 Å². The number of halogens is 1. The predicted molar refractivity (Wildman–Crippen MR) is 85.3 cm³/mol. The van der Waals surface area contributed by atoms with E-state index in [-0.39, 0.29) is 4.90 Å². The van der Waals surface area contributed by atoms with E-state index in [0.29, 0.717) is 21.4 Å². The molecule has 0 aliphatic carbocycles. The fourth-order valence-electron chi connectivity index (χ4n) is 1.82. The Labute approximate surface area is 127 Å². The van der Waals surface area contributed by atoms with Crippen LogP contribution in [0.5, 0.6) is 0 Å². The summed E-state index contributed by atoms with van der Waals surface area (Å²) in [4.78, 5) is 0.186. The summed E-state index contributed by atoms with van der Waals surface area (Å²) in [7, 11) is -3.67. The van der Waals surface area contributed by atoms with E-state index in [1.807, 2.05) is 13.0 Å². The van der Waals surface area contributed by atoms with Gasteiger partial charge in [-0.05, 0) is 65.2 Å². The van der Waals surface area contributed by atoms with Crippen LogP contribution in [-0.2, 0) is 10.0 Å². The quantitative estimate of drug-likeness (QED) is 0.829. The molecule has 0 saturated heterocycles. The van der Waals surface area contributed by atoms with Crippen LogP contribution >= 0.6 is 15.9 Å². The van der Waals surface area contributed by atoms with Gasteiger partial charge in [0.25, 0.3) is 10.0 Å². The molecule has 0 unspecified atom stereocenters. The highest BCUT2D eigenvalue weighted by atomic mass is 79.9. The molecule has 20 heavy (non-hydrogen) atoms. The molecule has 2 aromatic carbocycles. The predicted octanol–water partition coefficient (Wildman–Crippen LogP) is 3.45. The van der Waals surface area contributed by atoms with Crippen molar-refractivity contribution < 1.29 is 8.42 Å². The maximum Gasteiger partial charge on any atom is 0.262 e. The van der Waals surface area contributed by atoms with Crippen molar-refractivity contribution in [3.63, 3.8) is 0 Å². The molecule has 0 aromatic heterocycles. The number of aryl methyl sites for hydroxylation is 2. The maximum absolute atomic E-state index is 12.5. The first-order chi connectivity index (χ1) is 9.29. The number of rotatable bonds is 3. The molecule has 0 spiro atoms. The van der Waals surface area contributed by atoms with E-state index in [9.17, 15) is 8.42 Å². The van der Waals surface area contributed by atoms with E-state index < -0.39 is 10.0 Å². The van der Waals surface area contributed by atoms with Crippen LogP contribution in [0, 0.1) is 13.8 Å². The van der Waals surface area contributed by atoms with Crippen molar-refractivity contribution in [3.05, 3.63) is 52.0 Å². The van der Waals surface area contributed by atoms with Gasteiger partial charge in [0.15, 0.2) is 0 Å². The third-order valence-electron chi connectivity index (χ3n) is 2.87. The van der Waals surface area contributed by atoms with Gasteiger partial charge >= 0.3 is 0 Å². The largest absolute Gasteiger partial charge is 0.399 e. The Kier molecular flexibility index (Phi) is 4.06. The second kappa shape index (κ2) is 5.46. The maximum atomic E-state index is 12.5. The summed E-state index contributed by atoms with van der Waals surface area (Å²) < 4.78 is 28.2. The minimum atomic E-state index is -3.67.